The number of nitrogens with one attached hydrogen (secondary N) is 1. The van der Waals surface area contributed by atoms with Crippen LogP contribution in [0.25, 0.3) is 0 Å². The molecular weight excluding hydrogens is 388 g/mol. The molecule has 2 aromatic rings. The molecule has 5 nitrogen and oxygen atoms in total. The minimum Gasteiger partial charge on any atom is -0.493 e. The lowest BCUT2D eigenvalue weighted by molar-refractivity contribution is 0.0342. The van der Waals surface area contributed by atoms with Gasteiger partial charge in [-0.2, -0.15) is 0 Å². The largest absolute Gasteiger partial charge is 0.493 e. The second-order valence-corrected chi connectivity index (χ2v) is 7.67. The van der Waals surface area contributed by atoms with Crippen LogP contribution >= 0.6 is 11.6 Å². The fraction of sp³-hybridized carbons (Fsp3) is 0.478. The number of halogens is 1. The van der Waals surface area contributed by atoms with Gasteiger partial charge in [-0.1, -0.05) is 42.8 Å². The highest BCUT2D eigenvalue weighted by Gasteiger charge is 2.12. The van der Waals surface area contributed by atoms with Gasteiger partial charge in [0.05, 0.1) is 32.0 Å². The summed E-state index contributed by atoms with van der Waals surface area (Å²) in [5.74, 6) is 1.30. The van der Waals surface area contributed by atoms with Crippen molar-refractivity contribution in [3.05, 3.63) is 58.1 Å². The molecular formula is C23H31ClN2O3. The maximum Gasteiger partial charge on any atom is 0.179 e. The molecule has 0 amide bonds. The van der Waals surface area contributed by atoms with Crippen LogP contribution in [0.4, 0.5) is 0 Å². The molecule has 1 heterocycles. The third-order valence-electron chi connectivity index (χ3n) is 4.93. The van der Waals surface area contributed by atoms with Crippen molar-refractivity contribution in [1.82, 2.24) is 10.2 Å². The predicted molar refractivity (Wildman–Crippen MR) is 117 cm³/mol. The van der Waals surface area contributed by atoms with E-state index in [2.05, 4.69) is 41.4 Å². The first-order valence-electron chi connectivity index (χ1n) is 10.3. The third kappa shape index (κ3) is 6.61. The highest BCUT2D eigenvalue weighted by atomic mass is 35.5. The number of hydrogen-bond donors (Lipinski definition) is 1. The average Bonchev–Trinajstić information content (AvgIpc) is 2.74. The zero-order chi connectivity index (χ0) is 20.5. The summed E-state index contributed by atoms with van der Waals surface area (Å²) in [5.41, 5.74) is 3.67. The predicted octanol–water partition coefficient (Wildman–Crippen LogP) is 4.26. The van der Waals surface area contributed by atoms with E-state index in [0.29, 0.717) is 29.7 Å². The number of benzene rings is 2. The van der Waals surface area contributed by atoms with Crippen LogP contribution in [0.5, 0.6) is 11.5 Å². The SMILES string of the molecule is CCCOc1c(Cl)cc(CNCc2ccc(CN3CCOCC3)cc2)cc1OC. The smallest absolute Gasteiger partial charge is 0.179 e. The first-order chi connectivity index (χ1) is 14.2. The zero-order valence-electron chi connectivity index (χ0n) is 17.4. The molecule has 0 radical (unpaired) electrons. The third-order valence-corrected chi connectivity index (χ3v) is 5.21. The number of rotatable bonds is 10. The van der Waals surface area contributed by atoms with Crippen LogP contribution in [0.2, 0.25) is 5.02 Å². The van der Waals surface area contributed by atoms with Gasteiger partial charge in [-0.05, 0) is 35.2 Å². The molecule has 1 saturated heterocycles. The van der Waals surface area contributed by atoms with Crippen LogP contribution in [0.1, 0.15) is 30.0 Å². The standard InChI is InChI=1S/C23H31ClN2O3/c1-3-10-29-23-21(24)13-20(14-22(23)27-2)16-25-15-18-4-6-19(7-5-18)17-26-8-11-28-12-9-26/h4-7,13-14,25H,3,8-12,15-17H2,1-2H3. The Kier molecular flexibility index (Phi) is 8.62. The summed E-state index contributed by atoms with van der Waals surface area (Å²) in [6, 6.07) is 12.7. The maximum absolute atomic E-state index is 6.40. The second-order valence-electron chi connectivity index (χ2n) is 7.27. The molecule has 158 valence electrons. The highest BCUT2D eigenvalue weighted by Crippen LogP contribution is 2.36. The summed E-state index contributed by atoms with van der Waals surface area (Å²) in [6.07, 6.45) is 0.925. The van der Waals surface area contributed by atoms with E-state index in [1.54, 1.807) is 7.11 Å². The lowest BCUT2D eigenvalue weighted by atomic mass is 10.1. The molecule has 0 saturated carbocycles. The Hall–Kier alpha value is -1.79. The quantitative estimate of drug-likeness (QED) is 0.624. The molecule has 2 aromatic carbocycles. The van der Waals surface area contributed by atoms with E-state index in [1.807, 2.05) is 12.1 Å². The molecule has 3 rings (SSSR count). The Morgan fingerprint density at radius 3 is 2.41 bits per heavy atom. The van der Waals surface area contributed by atoms with Crippen molar-refractivity contribution in [3.63, 3.8) is 0 Å². The lowest BCUT2D eigenvalue weighted by Crippen LogP contribution is -2.35. The Morgan fingerprint density at radius 2 is 1.72 bits per heavy atom. The van der Waals surface area contributed by atoms with Crippen molar-refractivity contribution in [3.8, 4) is 11.5 Å². The molecule has 1 aliphatic rings. The van der Waals surface area contributed by atoms with Crippen LogP contribution in [-0.2, 0) is 24.4 Å². The van der Waals surface area contributed by atoms with E-state index in [0.717, 1.165) is 51.4 Å². The lowest BCUT2D eigenvalue weighted by Gasteiger charge is -2.26. The molecule has 1 N–H and O–H groups in total. The molecule has 0 unspecified atom stereocenters. The fourth-order valence-corrected chi connectivity index (χ4v) is 3.64. The van der Waals surface area contributed by atoms with E-state index in [4.69, 9.17) is 25.8 Å². The maximum atomic E-state index is 6.40. The number of hydrogen-bond acceptors (Lipinski definition) is 5. The summed E-state index contributed by atoms with van der Waals surface area (Å²) in [7, 11) is 1.64. The van der Waals surface area contributed by atoms with Crippen LogP contribution in [0.3, 0.4) is 0 Å². The van der Waals surface area contributed by atoms with Gasteiger partial charge < -0.3 is 19.5 Å². The van der Waals surface area contributed by atoms with E-state index >= 15 is 0 Å². The molecule has 1 aliphatic heterocycles. The van der Waals surface area contributed by atoms with Gasteiger partial charge in [0.2, 0.25) is 0 Å². The van der Waals surface area contributed by atoms with Gasteiger partial charge >= 0.3 is 0 Å². The van der Waals surface area contributed by atoms with Gasteiger partial charge in [-0.25, -0.2) is 0 Å². The first kappa shape index (κ1) is 21.9. The molecule has 0 bridgehead atoms. The topological polar surface area (TPSA) is 43.0 Å². The van der Waals surface area contributed by atoms with E-state index in [9.17, 15) is 0 Å². The molecule has 0 aliphatic carbocycles. The summed E-state index contributed by atoms with van der Waals surface area (Å²) >= 11 is 6.40. The van der Waals surface area contributed by atoms with Gasteiger partial charge in [-0.3, -0.25) is 4.90 Å². The van der Waals surface area contributed by atoms with Gasteiger partial charge in [0.1, 0.15) is 0 Å². The monoisotopic (exact) mass is 418 g/mol. The van der Waals surface area contributed by atoms with Crippen molar-refractivity contribution < 1.29 is 14.2 Å². The van der Waals surface area contributed by atoms with Crippen molar-refractivity contribution in [2.75, 3.05) is 40.0 Å². The van der Waals surface area contributed by atoms with Crippen LogP contribution in [-0.4, -0.2) is 44.9 Å². The summed E-state index contributed by atoms with van der Waals surface area (Å²) in [6.45, 7) is 8.87. The highest BCUT2D eigenvalue weighted by molar-refractivity contribution is 6.32. The number of methoxy groups -OCH3 is 1. The van der Waals surface area contributed by atoms with Crippen LogP contribution in [0, 0.1) is 0 Å². The summed E-state index contributed by atoms with van der Waals surface area (Å²) in [4.78, 5) is 2.43. The first-order valence-corrected chi connectivity index (χ1v) is 10.6. The van der Waals surface area contributed by atoms with Crippen molar-refractivity contribution in [2.24, 2.45) is 0 Å². The van der Waals surface area contributed by atoms with Gasteiger partial charge in [0.15, 0.2) is 11.5 Å². The van der Waals surface area contributed by atoms with Crippen LogP contribution < -0.4 is 14.8 Å². The van der Waals surface area contributed by atoms with Crippen molar-refractivity contribution in [1.29, 1.82) is 0 Å². The molecule has 6 heteroatoms. The fourth-order valence-electron chi connectivity index (χ4n) is 3.35. The number of morpholine rings is 1. The number of nitrogens with zero attached hydrogens (tertiary/aromatic N) is 1. The molecule has 0 spiro atoms. The Morgan fingerprint density at radius 1 is 1.03 bits per heavy atom. The Bertz CT molecular complexity index is 761. The van der Waals surface area contributed by atoms with E-state index in [1.165, 1.54) is 11.1 Å². The summed E-state index contributed by atoms with van der Waals surface area (Å²) in [5, 5.41) is 4.06. The van der Waals surface area contributed by atoms with Gasteiger partial charge in [-0.15, -0.1) is 0 Å². The second kappa shape index (κ2) is 11.4. The minimum atomic E-state index is 0.585. The van der Waals surface area contributed by atoms with E-state index < -0.39 is 0 Å². The number of ether oxygens (including phenoxy) is 3. The summed E-state index contributed by atoms with van der Waals surface area (Å²) < 4.78 is 16.6. The van der Waals surface area contributed by atoms with Crippen molar-refractivity contribution in [2.45, 2.75) is 33.0 Å². The van der Waals surface area contributed by atoms with Crippen molar-refractivity contribution >= 4 is 11.6 Å². The van der Waals surface area contributed by atoms with Crippen LogP contribution in [0.15, 0.2) is 36.4 Å². The molecule has 0 aromatic heterocycles. The average molecular weight is 419 g/mol. The minimum absolute atomic E-state index is 0.585. The van der Waals surface area contributed by atoms with E-state index in [-0.39, 0.29) is 0 Å². The molecule has 0 atom stereocenters. The zero-order valence-corrected chi connectivity index (χ0v) is 18.1. The Labute approximate surface area is 178 Å². The molecule has 1 fully saturated rings. The van der Waals surface area contributed by atoms with Gasteiger partial charge in [0.25, 0.3) is 0 Å². The molecule has 29 heavy (non-hydrogen) atoms. The normalized spacial score (nSPS) is 14.7. The van der Waals surface area contributed by atoms with Gasteiger partial charge in [0, 0.05) is 32.7 Å². The Balaban J connectivity index is 1.50.